The summed E-state index contributed by atoms with van der Waals surface area (Å²) in [5, 5.41) is 8.75. The molecule has 1 unspecified atom stereocenters. The lowest BCUT2D eigenvalue weighted by atomic mass is 10.1. The second-order valence-electron chi connectivity index (χ2n) is 10.6. The first-order valence-electron chi connectivity index (χ1n) is 14.6. The maximum atomic E-state index is 13.7. The third kappa shape index (κ3) is 8.75. The zero-order valence-corrected chi connectivity index (χ0v) is 26.9. The van der Waals surface area contributed by atoms with E-state index in [1.807, 2.05) is 86.6 Å². The number of anilines is 2. The van der Waals surface area contributed by atoms with E-state index in [9.17, 15) is 14.4 Å². The van der Waals surface area contributed by atoms with Gasteiger partial charge in [-0.1, -0.05) is 96.0 Å². The van der Waals surface area contributed by atoms with Crippen LogP contribution < -0.4 is 16.0 Å². The van der Waals surface area contributed by atoms with Crippen LogP contribution in [0.1, 0.15) is 37.9 Å². The lowest BCUT2D eigenvalue weighted by molar-refractivity contribution is -0.116. The average Bonchev–Trinajstić information content (AvgIpc) is 3.06. The summed E-state index contributed by atoms with van der Waals surface area (Å²) in [4.78, 5) is 41.0. The highest BCUT2D eigenvalue weighted by Gasteiger charge is 2.23. The molecule has 0 saturated carbocycles. The van der Waals surface area contributed by atoms with Crippen LogP contribution in [-0.2, 0) is 9.59 Å². The highest BCUT2D eigenvalue weighted by atomic mass is 35.5. The van der Waals surface area contributed by atoms with Gasteiger partial charge in [0.1, 0.15) is 10.9 Å². The molecule has 0 aliphatic rings. The van der Waals surface area contributed by atoms with Crippen LogP contribution in [0.4, 0.5) is 11.4 Å². The van der Waals surface area contributed by atoms with Crippen molar-refractivity contribution < 1.29 is 14.4 Å². The summed E-state index contributed by atoms with van der Waals surface area (Å²) in [5.41, 5.74) is 5.38. The number of hydrogen-bond acceptors (Lipinski definition) is 4. The molecule has 0 aromatic heterocycles. The smallest absolute Gasteiger partial charge is 0.272 e. The molecule has 46 heavy (non-hydrogen) atoms. The Hall–Kier alpha value is -5.11. The number of rotatable bonds is 10. The minimum absolute atomic E-state index is 0.0595. The van der Waals surface area contributed by atoms with E-state index >= 15 is 0 Å². The van der Waals surface area contributed by atoms with Crippen LogP contribution in [-0.4, -0.2) is 17.7 Å². The Morgan fingerprint density at radius 3 is 2.13 bits per heavy atom. The lowest BCUT2D eigenvalue weighted by Gasteiger charge is -2.19. The Bertz CT molecular complexity index is 1880. The molecule has 0 aliphatic heterocycles. The molecule has 3 N–H and O–H groups in total. The van der Waals surface area contributed by atoms with Crippen molar-refractivity contribution in [3.8, 4) is 0 Å². The Kier molecular flexibility index (Phi) is 10.7. The first-order valence-corrected chi connectivity index (χ1v) is 15.9. The Labute approximate surface area is 277 Å². The Morgan fingerprint density at radius 2 is 1.43 bits per heavy atom. The van der Waals surface area contributed by atoms with Gasteiger partial charge in [0.05, 0.1) is 0 Å². The van der Waals surface area contributed by atoms with E-state index in [4.69, 9.17) is 11.6 Å². The van der Waals surface area contributed by atoms with Crippen molar-refractivity contribution in [2.75, 3.05) is 10.6 Å². The van der Waals surface area contributed by atoms with Gasteiger partial charge in [0, 0.05) is 26.9 Å². The summed E-state index contributed by atoms with van der Waals surface area (Å²) >= 11 is 7.43. The summed E-state index contributed by atoms with van der Waals surface area (Å²) in [7, 11) is 0. The number of thioether (sulfide) groups is 1. The molecule has 0 saturated heterocycles. The molecule has 0 bridgehead atoms. The molecule has 1 atom stereocenters. The maximum absolute atomic E-state index is 13.7. The monoisotopic (exact) mass is 645 g/mol. The van der Waals surface area contributed by atoms with Crippen molar-refractivity contribution >= 4 is 58.5 Å². The quantitative estimate of drug-likeness (QED) is 0.105. The summed E-state index contributed by atoms with van der Waals surface area (Å²) in [6.07, 6.45) is 1.59. The van der Waals surface area contributed by atoms with Crippen molar-refractivity contribution in [3.63, 3.8) is 0 Å². The zero-order valence-electron chi connectivity index (χ0n) is 25.3. The van der Waals surface area contributed by atoms with Crippen LogP contribution in [0.15, 0.2) is 138 Å². The number of nitrogens with one attached hydrogen (secondary N) is 3. The second kappa shape index (κ2) is 15.3. The summed E-state index contributed by atoms with van der Waals surface area (Å²) in [5.74, 6) is -1.08. The third-order valence-corrected chi connectivity index (χ3v) is 8.54. The van der Waals surface area contributed by atoms with Gasteiger partial charge in [0.25, 0.3) is 11.8 Å². The van der Waals surface area contributed by atoms with Gasteiger partial charge >= 0.3 is 0 Å². The Morgan fingerprint density at radius 1 is 0.739 bits per heavy atom. The normalized spacial score (nSPS) is 11.8. The summed E-state index contributed by atoms with van der Waals surface area (Å²) < 4.78 is 0. The first kappa shape index (κ1) is 32.3. The molecule has 0 fully saturated rings. The fourth-order valence-electron chi connectivity index (χ4n) is 4.70. The molecule has 0 heterocycles. The summed E-state index contributed by atoms with van der Waals surface area (Å²) in [6.45, 7) is 3.98. The van der Waals surface area contributed by atoms with Gasteiger partial charge in [-0.05, 0) is 85.1 Å². The minimum atomic E-state index is -0.557. The van der Waals surface area contributed by atoms with E-state index in [1.54, 1.807) is 60.7 Å². The predicted octanol–water partition coefficient (Wildman–Crippen LogP) is 8.84. The van der Waals surface area contributed by atoms with Crippen LogP contribution >= 0.6 is 23.4 Å². The predicted molar refractivity (Wildman–Crippen MR) is 188 cm³/mol. The van der Waals surface area contributed by atoms with E-state index < -0.39 is 17.1 Å². The van der Waals surface area contributed by atoms with E-state index in [-0.39, 0.29) is 11.6 Å². The van der Waals surface area contributed by atoms with Crippen molar-refractivity contribution in [2.24, 2.45) is 0 Å². The van der Waals surface area contributed by atoms with Crippen molar-refractivity contribution in [2.45, 2.75) is 24.0 Å². The molecular weight excluding hydrogens is 614 g/mol. The third-order valence-electron chi connectivity index (χ3n) is 7.04. The first-order chi connectivity index (χ1) is 22.2. The van der Waals surface area contributed by atoms with Crippen LogP contribution in [0.3, 0.4) is 0 Å². The molecule has 5 aromatic rings. The summed E-state index contributed by atoms with van der Waals surface area (Å²) in [6, 6.07) is 38.4. The van der Waals surface area contributed by atoms with Gasteiger partial charge in [-0.2, -0.15) is 0 Å². The standard InChI is InChI=1S/C38H32ClN3O3S/c1-25-16-21-33(26(2)22-25)41-38(45)35(28-10-5-3-6-11-28)46-32-15-9-14-31(24-32)40-37(44)34(23-27-17-19-30(39)20-18-27)42-36(43)29-12-7-4-8-13-29/h3-24,35H,1-2H3,(H,40,44)(H,41,45)(H,42,43)/b34-23+. The van der Waals surface area contributed by atoms with Gasteiger partial charge in [0.2, 0.25) is 5.91 Å². The average molecular weight is 646 g/mol. The molecular formula is C38H32ClN3O3S. The van der Waals surface area contributed by atoms with Gasteiger partial charge in [0.15, 0.2) is 0 Å². The molecule has 0 spiro atoms. The van der Waals surface area contributed by atoms with E-state index in [0.717, 1.165) is 27.3 Å². The van der Waals surface area contributed by atoms with Crippen LogP contribution in [0, 0.1) is 13.8 Å². The van der Waals surface area contributed by atoms with Crippen LogP contribution in [0.2, 0.25) is 5.02 Å². The largest absolute Gasteiger partial charge is 0.325 e. The fourth-order valence-corrected chi connectivity index (χ4v) is 5.91. The molecule has 5 rings (SSSR count). The van der Waals surface area contributed by atoms with Crippen molar-refractivity contribution in [1.82, 2.24) is 5.32 Å². The molecule has 3 amide bonds. The number of carbonyl (C=O) groups is 3. The number of benzene rings is 5. The minimum Gasteiger partial charge on any atom is -0.325 e. The van der Waals surface area contributed by atoms with Crippen LogP contribution in [0.5, 0.6) is 0 Å². The fraction of sp³-hybridized carbons (Fsp3) is 0.0789. The van der Waals surface area contributed by atoms with Gasteiger partial charge < -0.3 is 16.0 Å². The molecule has 230 valence electrons. The van der Waals surface area contributed by atoms with Crippen molar-refractivity contribution in [3.05, 3.63) is 166 Å². The van der Waals surface area contributed by atoms with E-state index in [1.165, 1.54) is 11.8 Å². The SMILES string of the molecule is Cc1ccc(NC(=O)C(Sc2cccc(NC(=O)/C(=C\c3ccc(Cl)cc3)NC(=O)c3ccccc3)c2)c2ccccc2)c(C)c1. The highest BCUT2D eigenvalue weighted by Crippen LogP contribution is 2.37. The molecule has 0 aliphatic carbocycles. The topological polar surface area (TPSA) is 87.3 Å². The molecule has 5 aromatic carbocycles. The van der Waals surface area contributed by atoms with Gasteiger partial charge in [-0.15, -0.1) is 11.8 Å². The lowest BCUT2D eigenvalue weighted by Crippen LogP contribution is -2.30. The van der Waals surface area contributed by atoms with Crippen molar-refractivity contribution in [1.29, 1.82) is 0 Å². The highest BCUT2D eigenvalue weighted by molar-refractivity contribution is 8.00. The number of hydrogen-bond donors (Lipinski definition) is 3. The van der Waals surface area contributed by atoms with Crippen LogP contribution in [0.25, 0.3) is 6.08 Å². The van der Waals surface area contributed by atoms with Gasteiger partial charge in [-0.25, -0.2) is 0 Å². The van der Waals surface area contributed by atoms with E-state index in [0.29, 0.717) is 21.8 Å². The zero-order chi connectivity index (χ0) is 32.5. The van der Waals surface area contributed by atoms with Gasteiger partial charge in [-0.3, -0.25) is 14.4 Å². The molecule has 6 nitrogen and oxygen atoms in total. The number of aryl methyl sites for hydroxylation is 2. The molecule has 8 heteroatoms. The maximum Gasteiger partial charge on any atom is 0.272 e. The number of halogens is 1. The second-order valence-corrected chi connectivity index (χ2v) is 12.2. The number of carbonyl (C=O) groups excluding carboxylic acids is 3. The van der Waals surface area contributed by atoms with E-state index in [2.05, 4.69) is 16.0 Å². The molecule has 0 radical (unpaired) electrons. The number of amides is 3. The Balaban J connectivity index is 1.38.